The zero-order chi connectivity index (χ0) is 29.4. The Balaban J connectivity index is 1.17. The van der Waals surface area contributed by atoms with Crippen molar-refractivity contribution in [3.8, 4) is 11.6 Å². The molecular weight excluding hydrogens is 584 g/mol. The van der Waals surface area contributed by atoms with Crippen molar-refractivity contribution in [1.82, 2.24) is 14.9 Å². The first-order chi connectivity index (χ1) is 20.2. The van der Waals surface area contributed by atoms with E-state index in [2.05, 4.69) is 20.6 Å². The first kappa shape index (κ1) is 28.0. The molecule has 0 atom stereocenters. The van der Waals surface area contributed by atoms with Crippen LogP contribution in [0.15, 0.2) is 48.8 Å². The Morgan fingerprint density at radius 2 is 1.62 bits per heavy atom. The number of nitrogens with zero attached hydrogens (tertiary/aromatic N) is 3. The predicted molar refractivity (Wildman–Crippen MR) is 157 cm³/mol. The van der Waals surface area contributed by atoms with E-state index in [1.807, 2.05) is 16.7 Å². The van der Waals surface area contributed by atoms with E-state index in [1.165, 1.54) is 54.1 Å². The van der Waals surface area contributed by atoms with Gasteiger partial charge in [-0.05, 0) is 61.7 Å². The van der Waals surface area contributed by atoms with Crippen LogP contribution in [0.2, 0.25) is 0 Å². The molecule has 0 radical (unpaired) electrons. The second kappa shape index (κ2) is 11.3. The third kappa shape index (κ3) is 5.41. The second-order valence-corrected chi connectivity index (χ2v) is 12.3. The number of hydrogen-bond donors (Lipinski definition) is 2. The lowest BCUT2D eigenvalue weighted by Gasteiger charge is -2.26. The molecule has 0 unspecified atom stereocenters. The van der Waals surface area contributed by atoms with Gasteiger partial charge in [-0.3, -0.25) is 14.4 Å². The summed E-state index contributed by atoms with van der Waals surface area (Å²) >= 11 is 3.07. The van der Waals surface area contributed by atoms with Crippen LogP contribution in [0.1, 0.15) is 28.1 Å². The molecule has 3 amide bonds. The Morgan fingerprint density at radius 3 is 2.29 bits per heavy atom. The van der Waals surface area contributed by atoms with E-state index in [0.29, 0.717) is 52.3 Å². The normalized spacial score (nSPS) is 15.7. The fraction of sp³-hybridized carbons (Fsp3) is 0.276. The average molecular weight is 610 g/mol. The van der Waals surface area contributed by atoms with Crippen LogP contribution in [-0.2, 0) is 9.59 Å². The molecule has 2 fully saturated rings. The quantitative estimate of drug-likeness (QED) is 0.262. The van der Waals surface area contributed by atoms with E-state index in [4.69, 9.17) is 4.74 Å². The minimum atomic E-state index is -1.29. The molecule has 2 aromatic carbocycles. The minimum absolute atomic E-state index is 0.0622. The van der Waals surface area contributed by atoms with Crippen molar-refractivity contribution in [3.63, 3.8) is 0 Å². The number of halogens is 2. The fourth-order valence-electron chi connectivity index (χ4n) is 4.71. The zero-order valence-electron chi connectivity index (χ0n) is 22.4. The van der Waals surface area contributed by atoms with Crippen LogP contribution in [0, 0.1) is 24.0 Å². The predicted octanol–water partition coefficient (Wildman–Crippen LogP) is 5.62. The maximum absolute atomic E-state index is 15.2. The average Bonchev–Trinajstić information content (AvgIpc) is 3.74. The number of anilines is 2. The summed E-state index contributed by atoms with van der Waals surface area (Å²) < 4.78 is 34.2. The summed E-state index contributed by atoms with van der Waals surface area (Å²) in [5.41, 5.74) is -0.0926. The number of aryl methyl sites for hydroxylation is 1. The van der Waals surface area contributed by atoms with E-state index >= 15 is 4.39 Å². The number of benzene rings is 2. The molecule has 216 valence electrons. The summed E-state index contributed by atoms with van der Waals surface area (Å²) in [5, 5.41) is 5.79. The molecule has 0 bridgehead atoms. The smallest absolute Gasteiger partial charge is 0.264 e. The van der Waals surface area contributed by atoms with Crippen LogP contribution in [-0.4, -0.2) is 57.2 Å². The lowest BCUT2D eigenvalue weighted by atomic mass is 10.0. The molecule has 0 spiro atoms. The largest absolute Gasteiger partial charge is 0.435 e. The molecule has 42 heavy (non-hydrogen) atoms. The maximum Gasteiger partial charge on any atom is 0.264 e. The Morgan fingerprint density at radius 1 is 0.952 bits per heavy atom. The molecule has 9 nitrogen and oxygen atoms in total. The highest BCUT2D eigenvalue weighted by Crippen LogP contribution is 2.47. The van der Waals surface area contributed by atoms with E-state index in [0.717, 1.165) is 17.6 Å². The third-order valence-corrected chi connectivity index (χ3v) is 9.43. The van der Waals surface area contributed by atoms with Gasteiger partial charge in [0.05, 0.1) is 10.3 Å². The Hall–Kier alpha value is -4.10. The molecule has 1 aliphatic heterocycles. The number of carbonyl (C=O) groups excluding carboxylic acids is 3. The van der Waals surface area contributed by atoms with Crippen molar-refractivity contribution < 1.29 is 27.9 Å². The Kier molecular flexibility index (Phi) is 7.54. The number of nitrogens with one attached hydrogen (secondary N) is 2. The monoisotopic (exact) mass is 609 g/mol. The van der Waals surface area contributed by atoms with Crippen molar-refractivity contribution >= 4 is 62.4 Å². The first-order valence-electron chi connectivity index (χ1n) is 13.2. The highest BCUT2D eigenvalue weighted by molar-refractivity contribution is 7.99. The third-order valence-electron chi connectivity index (χ3n) is 7.30. The molecule has 2 aliphatic rings. The van der Waals surface area contributed by atoms with Gasteiger partial charge in [-0.1, -0.05) is 0 Å². The molecular formula is C29H25F2N5O4S2. The van der Waals surface area contributed by atoms with Gasteiger partial charge in [0.25, 0.3) is 5.91 Å². The molecule has 3 heterocycles. The highest BCUT2D eigenvalue weighted by Gasteiger charge is 2.56. The van der Waals surface area contributed by atoms with Crippen LogP contribution < -0.4 is 15.4 Å². The second-order valence-electron chi connectivity index (χ2n) is 10.1. The summed E-state index contributed by atoms with van der Waals surface area (Å²) in [6, 6.07) is 9.16. The Bertz CT molecular complexity index is 1700. The van der Waals surface area contributed by atoms with E-state index in [1.54, 1.807) is 6.92 Å². The van der Waals surface area contributed by atoms with Crippen LogP contribution in [0.5, 0.6) is 11.6 Å². The van der Waals surface area contributed by atoms with Crippen LogP contribution >= 0.6 is 23.1 Å². The maximum atomic E-state index is 15.2. The van der Waals surface area contributed by atoms with Crippen molar-refractivity contribution in [1.29, 1.82) is 0 Å². The number of aromatic nitrogens is 2. The van der Waals surface area contributed by atoms with Gasteiger partial charge in [-0.15, -0.1) is 11.3 Å². The molecule has 4 aromatic rings. The van der Waals surface area contributed by atoms with Gasteiger partial charge >= 0.3 is 0 Å². The topological polar surface area (TPSA) is 114 Å². The number of thioether (sulfide) groups is 1. The number of thiophene rings is 1. The summed E-state index contributed by atoms with van der Waals surface area (Å²) in [5.74, 6) is -0.560. The standard InChI is InChI=1S/C29H25F2N5O4S2/c1-16-22-24(32-15-33-25(22)42-23(16)26(37)36-10-12-41-13-11-36)40-21-7-6-19(14-20(21)31)35-28(39)29(8-9-29)27(38)34-18-4-2-17(30)3-5-18/h2-7,14-15H,8-13H2,1H3,(H,34,38)(H,35,39). The van der Waals surface area contributed by atoms with Gasteiger partial charge in [-0.25, -0.2) is 18.7 Å². The number of hydrogen-bond acceptors (Lipinski definition) is 8. The summed E-state index contributed by atoms with van der Waals surface area (Å²) in [4.78, 5) is 50.4. The van der Waals surface area contributed by atoms with Gasteiger partial charge in [0, 0.05) is 42.0 Å². The molecule has 1 saturated heterocycles. The zero-order valence-corrected chi connectivity index (χ0v) is 24.0. The number of carbonyl (C=O) groups is 3. The van der Waals surface area contributed by atoms with Gasteiger partial charge in [-0.2, -0.15) is 11.8 Å². The number of rotatable bonds is 7. The first-order valence-corrected chi connectivity index (χ1v) is 15.2. The minimum Gasteiger partial charge on any atom is -0.435 e. The summed E-state index contributed by atoms with van der Waals surface area (Å²) in [7, 11) is 0. The summed E-state index contributed by atoms with van der Waals surface area (Å²) in [6.45, 7) is 3.16. The molecule has 6 rings (SSSR count). The molecule has 2 aromatic heterocycles. The number of ether oxygens (including phenoxy) is 1. The van der Waals surface area contributed by atoms with Crippen molar-refractivity contribution in [2.45, 2.75) is 19.8 Å². The Labute approximate surface area is 247 Å². The van der Waals surface area contributed by atoms with Crippen LogP contribution in [0.25, 0.3) is 10.2 Å². The molecule has 13 heteroatoms. The van der Waals surface area contributed by atoms with E-state index < -0.39 is 28.9 Å². The summed E-state index contributed by atoms with van der Waals surface area (Å²) in [6.07, 6.45) is 1.97. The van der Waals surface area contributed by atoms with Crippen LogP contribution in [0.4, 0.5) is 20.2 Å². The van der Waals surface area contributed by atoms with Gasteiger partial charge < -0.3 is 20.3 Å². The van der Waals surface area contributed by atoms with E-state index in [9.17, 15) is 18.8 Å². The fourth-order valence-corrected chi connectivity index (χ4v) is 6.72. The molecule has 1 aliphatic carbocycles. The van der Waals surface area contributed by atoms with Crippen molar-refractivity contribution in [2.75, 3.05) is 35.2 Å². The highest BCUT2D eigenvalue weighted by atomic mass is 32.2. The SMILES string of the molecule is Cc1c(C(=O)N2CCSCC2)sc2ncnc(Oc3ccc(NC(=O)C4(C(=O)Nc5ccc(F)cc5)CC4)cc3F)c12. The lowest BCUT2D eigenvalue weighted by molar-refractivity contribution is -0.131. The van der Waals surface area contributed by atoms with Gasteiger partial charge in [0.2, 0.25) is 17.7 Å². The van der Waals surface area contributed by atoms with Crippen molar-refractivity contribution in [2.24, 2.45) is 5.41 Å². The molecule has 1 saturated carbocycles. The number of fused-ring (bicyclic) bond motifs is 1. The molecule has 2 N–H and O–H groups in total. The van der Waals surface area contributed by atoms with Crippen LogP contribution in [0.3, 0.4) is 0 Å². The van der Waals surface area contributed by atoms with Gasteiger partial charge in [0.1, 0.15) is 22.4 Å². The van der Waals surface area contributed by atoms with Crippen molar-refractivity contribution in [3.05, 3.63) is 70.9 Å². The van der Waals surface area contributed by atoms with Gasteiger partial charge in [0.15, 0.2) is 11.6 Å². The lowest BCUT2D eigenvalue weighted by Crippen LogP contribution is -2.37. The number of amides is 3. The van der Waals surface area contributed by atoms with E-state index in [-0.39, 0.29) is 23.2 Å².